The van der Waals surface area contributed by atoms with Gasteiger partial charge in [0.25, 0.3) is 0 Å². The Bertz CT molecular complexity index is 1580. The van der Waals surface area contributed by atoms with Gasteiger partial charge in [-0.15, -0.1) is 0 Å². The van der Waals surface area contributed by atoms with E-state index in [1.807, 2.05) is 35.4 Å². The largest absolute Gasteiger partial charge is 0.357 e. The minimum Gasteiger partial charge on any atom is -0.357 e. The number of aromatic nitrogens is 6. The average Bonchev–Trinajstić information content (AvgIpc) is 3.78. The maximum Gasteiger partial charge on any atom is 0.226 e. The quantitative estimate of drug-likeness (QED) is 0.337. The van der Waals surface area contributed by atoms with Crippen molar-refractivity contribution in [1.82, 2.24) is 34.7 Å². The fourth-order valence-electron chi connectivity index (χ4n) is 6.22. The summed E-state index contributed by atoms with van der Waals surface area (Å²) in [7, 11) is 0. The molecule has 10 heteroatoms. The van der Waals surface area contributed by atoms with Crippen molar-refractivity contribution in [2.45, 2.75) is 77.8 Å². The van der Waals surface area contributed by atoms with Crippen molar-refractivity contribution < 1.29 is 4.79 Å². The van der Waals surface area contributed by atoms with Crippen LogP contribution in [0.2, 0.25) is 0 Å². The number of pyridine rings is 1. The Labute approximate surface area is 240 Å². The van der Waals surface area contributed by atoms with Gasteiger partial charge in [-0.25, -0.2) is 14.5 Å². The van der Waals surface area contributed by atoms with Crippen LogP contribution in [-0.4, -0.2) is 54.4 Å². The number of hydrogen-bond donors (Lipinski definition) is 1. The Hall–Kier alpha value is -4.26. The van der Waals surface area contributed by atoms with Crippen LogP contribution in [0.15, 0.2) is 43.1 Å². The molecule has 1 aliphatic carbocycles. The lowest BCUT2D eigenvalue weighted by Crippen LogP contribution is -2.50. The van der Waals surface area contributed by atoms with E-state index in [4.69, 9.17) is 9.97 Å². The summed E-state index contributed by atoms with van der Waals surface area (Å²) in [5, 5.41) is 22.0. The lowest BCUT2D eigenvalue weighted by molar-refractivity contribution is -0.133. The van der Waals surface area contributed by atoms with Crippen molar-refractivity contribution in [3.63, 3.8) is 0 Å². The van der Waals surface area contributed by atoms with Gasteiger partial charge >= 0.3 is 0 Å². The van der Waals surface area contributed by atoms with Gasteiger partial charge < -0.3 is 10.2 Å². The number of amides is 1. The third-order valence-corrected chi connectivity index (χ3v) is 8.96. The summed E-state index contributed by atoms with van der Waals surface area (Å²) in [6.07, 6.45) is 16.1. The lowest BCUT2D eigenvalue weighted by atomic mass is 9.75. The van der Waals surface area contributed by atoms with Gasteiger partial charge in [0, 0.05) is 48.7 Å². The molecular formula is C31H37N9O. The molecule has 6 rings (SSSR count). The molecule has 212 valence electrons. The highest BCUT2D eigenvalue weighted by atomic mass is 16.2. The summed E-state index contributed by atoms with van der Waals surface area (Å²) < 4.78 is 3.60. The SMILES string of the molecule is CCC1(C(=O)NC2CCCC2)CCN(c2ccc(-c3nc(-c4cnn(C(C)C)c4)cn4ncc(C#N)c34)cn2)CC1. The van der Waals surface area contributed by atoms with Crippen LogP contribution in [0.5, 0.6) is 0 Å². The van der Waals surface area contributed by atoms with Crippen LogP contribution >= 0.6 is 0 Å². The summed E-state index contributed by atoms with van der Waals surface area (Å²) in [4.78, 5) is 25.3. The maximum atomic E-state index is 13.3. The first kappa shape index (κ1) is 26.9. The Morgan fingerprint density at radius 1 is 1.10 bits per heavy atom. The van der Waals surface area contributed by atoms with Crippen LogP contribution in [0, 0.1) is 16.7 Å². The van der Waals surface area contributed by atoms with Crippen LogP contribution in [0.4, 0.5) is 5.82 Å². The van der Waals surface area contributed by atoms with E-state index in [1.54, 1.807) is 16.9 Å². The van der Waals surface area contributed by atoms with Crippen LogP contribution in [-0.2, 0) is 4.79 Å². The number of carbonyl (C=O) groups is 1. The van der Waals surface area contributed by atoms with Crippen LogP contribution in [0.25, 0.3) is 28.0 Å². The van der Waals surface area contributed by atoms with E-state index in [9.17, 15) is 10.1 Å². The summed E-state index contributed by atoms with van der Waals surface area (Å²) in [6.45, 7) is 7.87. The van der Waals surface area contributed by atoms with Crippen LogP contribution in [0.3, 0.4) is 0 Å². The third kappa shape index (κ3) is 5.05. The minimum atomic E-state index is -0.298. The van der Waals surface area contributed by atoms with Crippen molar-refractivity contribution in [3.8, 4) is 28.6 Å². The molecule has 0 atom stereocenters. The summed E-state index contributed by atoms with van der Waals surface area (Å²) in [5.41, 5.74) is 3.88. The van der Waals surface area contributed by atoms with Crippen molar-refractivity contribution >= 4 is 17.2 Å². The molecule has 2 aliphatic rings. The summed E-state index contributed by atoms with van der Waals surface area (Å²) in [5.74, 6) is 1.12. The first-order valence-electron chi connectivity index (χ1n) is 14.8. The van der Waals surface area contributed by atoms with Gasteiger partial charge in [-0.2, -0.15) is 15.5 Å². The molecule has 41 heavy (non-hydrogen) atoms. The second-order valence-corrected chi connectivity index (χ2v) is 11.7. The van der Waals surface area contributed by atoms with E-state index in [1.165, 1.54) is 12.8 Å². The summed E-state index contributed by atoms with van der Waals surface area (Å²) in [6, 6.07) is 6.85. The molecule has 0 unspecified atom stereocenters. The average molecular weight is 552 g/mol. The number of piperidine rings is 1. The molecule has 10 nitrogen and oxygen atoms in total. The zero-order valence-corrected chi connectivity index (χ0v) is 24.0. The number of nitriles is 1. The number of rotatable bonds is 7. The first-order valence-corrected chi connectivity index (χ1v) is 14.8. The first-order chi connectivity index (χ1) is 19.9. The molecule has 1 N–H and O–H groups in total. The molecule has 2 fully saturated rings. The Morgan fingerprint density at radius 3 is 2.51 bits per heavy atom. The molecule has 1 amide bonds. The number of nitrogens with one attached hydrogen (secondary N) is 1. The molecule has 4 aromatic rings. The van der Waals surface area contributed by atoms with Gasteiger partial charge in [-0.3, -0.25) is 9.48 Å². The van der Waals surface area contributed by atoms with Crippen molar-refractivity contribution in [2.24, 2.45) is 5.41 Å². The Morgan fingerprint density at radius 2 is 1.88 bits per heavy atom. The molecule has 4 aromatic heterocycles. The van der Waals surface area contributed by atoms with Gasteiger partial charge in [-0.05, 0) is 58.1 Å². The van der Waals surface area contributed by atoms with E-state index >= 15 is 0 Å². The number of fused-ring (bicyclic) bond motifs is 1. The van der Waals surface area contributed by atoms with Crippen LogP contribution < -0.4 is 10.2 Å². The predicted molar refractivity (Wildman–Crippen MR) is 157 cm³/mol. The highest BCUT2D eigenvalue weighted by Crippen LogP contribution is 2.37. The number of carbonyl (C=O) groups excluding carboxylic acids is 1. The monoisotopic (exact) mass is 551 g/mol. The molecule has 0 bridgehead atoms. The minimum absolute atomic E-state index is 0.234. The molecular weight excluding hydrogens is 514 g/mol. The van der Waals surface area contributed by atoms with Gasteiger partial charge in [-0.1, -0.05) is 19.8 Å². The van der Waals surface area contributed by atoms with Gasteiger partial charge in [0.2, 0.25) is 5.91 Å². The highest BCUT2D eigenvalue weighted by Gasteiger charge is 2.41. The fraction of sp³-hybridized carbons (Fsp3) is 0.484. The molecule has 0 aromatic carbocycles. The van der Waals surface area contributed by atoms with Gasteiger partial charge in [0.05, 0.1) is 35.4 Å². The lowest BCUT2D eigenvalue weighted by Gasteiger charge is -2.41. The van der Waals surface area contributed by atoms with Crippen LogP contribution in [0.1, 0.15) is 77.3 Å². The summed E-state index contributed by atoms with van der Waals surface area (Å²) >= 11 is 0. The van der Waals surface area contributed by atoms with E-state index < -0.39 is 0 Å². The van der Waals surface area contributed by atoms with Crippen molar-refractivity contribution in [1.29, 1.82) is 5.26 Å². The second-order valence-electron chi connectivity index (χ2n) is 11.7. The Balaban J connectivity index is 1.24. The number of anilines is 1. The molecule has 1 saturated heterocycles. The van der Waals surface area contributed by atoms with E-state index in [-0.39, 0.29) is 17.4 Å². The zero-order valence-electron chi connectivity index (χ0n) is 24.0. The normalized spacial score (nSPS) is 17.3. The number of hydrogen-bond acceptors (Lipinski definition) is 7. The smallest absolute Gasteiger partial charge is 0.226 e. The third-order valence-electron chi connectivity index (χ3n) is 8.96. The molecule has 1 aliphatic heterocycles. The molecule has 0 radical (unpaired) electrons. The van der Waals surface area contributed by atoms with Gasteiger partial charge in [0.1, 0.15) is 23.0 Å². The zero-order chi connectivity index (χ0) is 28.6. The number of nitrogens with zero attached hydrogens (tertiary/aromatic N) is 8. The van der Waals surface area contributed by atoms with E-state index in [0.29, 0.717) is 22.8 Å². The standard InChI is InChI=1S/C31H37N9O/c1-4-31(30(41)36-25-7-5-6-8-25)11-13-38(14-12-31)27-10-9-22(16-33-27)28-29-23(15-32)17-35-40(29)20-26(37-28)24-18-34-39(19-24)21(2)3/h9-10,16-21,25H,4-8,11-14H2,1-3H3,(H,36,41). The predicted octanol–water partition coefficient (Wildman–Crippen LogP) is 5.16. The Kier molecular flexibility index (Phi) is 7.20. The van der Waals surface area contributed by atoms with E-state index in [2.05, 4.69) is 47.3 Å². The topological polar surface area (TPSA) is 117 Å². The molecule has 1 saturated carbocycles. The van der Waals surface area contributed by atoms with Gasteiger partial charge in [0.15, 0.2) is 0 Å². The highest BCUT2D eigenvalue weighted by molar-refractivity contribution is 5.84. The van der Waals surface area contributed by atoms with E-state index in [0.717, 1.165) is 67.8 Å². The molecule has 5 heterocycles. The molecule has 0 spiro atoms. The van der Waals surface area contributed by atoms with Crippen molar-refractivity contribution in [3.05, 3.63) is 48.7 Å². The second kappa shape index (κ2) is 11.0. The maximum absolute atomic E-state index is 13.3. The van der Waals surface area contributed by atoms with Crippen molar-refractivity contribution in [2.75, 3.05) is 18.0 Å². The fourth-order valence-corrected chi connectivity index (χ4v) is 6.22.